The number of benzene rings is 2. The van der Waals surface area contributed by atoms with Crippen molar-refractivity contribution in [1.82, 2.24) is 14.9 Å². The van der Waals surface area contributed by atoms with Crippen molar-refractivity contribution in [2.45, 2.75) is 70.7 Å². The van der Waals surface area contributed by atoms with Gasteiger partial charge in [0.15, 0.2) is 0 Å². The zero-order valence-corrected chi connectivity index (χ0v) is 20.3. The Hall–Kier alpha value is -3.56. The molecule has 10 heteroatoms. The first-order chi connectivity index (χ1) is 17.0. The van der Waals surface area contributed by atoms with E-state index in [1.165, 1.54) is 10.9 Å². The molecule has 1 heterocycles. The van der Waals surface area contributed by atoms with Crippen LogP contribution in [-0.2, 0) is 11.3 Å². The molecule has 1 aliphatic carbocycles. The van der Waals surface area contributed by atoms with E-state index in [4.69, 9.17) is 9.47 Å². The Labute approximate surface area is 206 Å². The predicted molar refractivity (Wildman–Crippen MR) is 127 cm³/mol. The number of rotatable bonds is 5. The molecular weight excluding hydrogens is 475 g/mol. The van der Waals surface area contributed by atoms with E-state index in [9.17, 15) is 22.8 Å². The van der Waals surface area contributed by atoms with Gasteiger partial charge in [-0.05, 0) is 64.7 Å². The topological polar surface area (TPSA) is 82.4 Å². The van der Waals surface area contributed by atoms with Gasteiger partial charge in [-0.2, -0.15) is 4.98 Å². The number of nitrogens with one attached hydrogen (secondary N) is 1. The van der Waals surface area contributed by atoms with Gasteiger partial charge in [0.25, 0.3) is 5.56 Å². The molecule has 3 aromatic rings. The van der Waals surface area contributed by atoms with Crippen LogP contribution in [-0.4, -0.2) is 33.4 Å². The van der Waals surface area contributed by atoms with Gasteiger partial charge < -0.3 is 19.4 Å². The van der Waals surface area contributed by atoms with Crippen LogP contribution in [0.15, 0.2) is 41.5 Å². The summed E-state index contributed by atoms with van der Waals surface area (Å²) in [4.78, 5) is 28.2. The minimum atomic E-state index is -1.02. The SMILES string of the molecule is CC(C)(C)OC(=O)NC1CCC(Oc2ccc3c(c2)c(=O)ncn3Cc2c(F)cc(F)cc2F)CC1. The summed E-state index contributed by atoms with van der Waals surface area (Å²) in [5.74, 6) is -2.57. The smallest absolute Gasteiger partial charge is 0.407 e. The van der Waals surface area contributed by atoms with E-state index >= 15 is 0 Å². The van der Waals surface area contributed by atoms with Gasteiger partial charge in [0.05, 0.1) is 29.9 Å². The second kappa shape index (κ2) is 10.2. The third-order valence-electron chi connectivity index (χ3n) is 5.95. The van der Waals surface area contributed by atoms with Crippen molar-refractivity contribution in [1.29, 1.82) is 0 Å². The number of amides is 1. The summed E-state index contributed by atoms with van der Waals surface area (Å²) in [6, 6.07) is 6.09. The Morgan fingerprint density at radius 3 is 2.39 bits per heavy atom. The van der Waals surface area contributed by atoms with Crippen molar-refractivity contribution >= 4 is 17.0 Å². The summed E-state index contributed by atoms with van der Waals surface area (Å²) >= 11 is 0. The molecule has 1 amide bonds. The van der Waals surface area contributed by atoms with Gasteiger partial charge >= 0.3 is 6.09 Å². The number of hydrogen-bond donors (Lipinski definition) is 1. The predicted octanol–water partition coefficient (Wildman–Crippen LogP) is 5.08. The van der Waals surface area contributed by atoms with E-state index in [2.05, 4.69) is 10.3 Å². The minimum Gasteiger partial charge on any atom is -0.490 e. The van der Waals surface area contributed by atoms with E-state index in [1.54, 1.807) is 18.2 Å². The summed E-state index contributed by atoms with van der Waals surface area (Å²) in [6.45, 7) is 5.16. The van der Waals surface area contributed by atoms with Crippen LogP contribution in [0.25, 0.3) is 10.9 Å². The summed E-state index contributed by atoms with van der Waals surface area (Å²) in [5.41, 5.74) is -0.983. The van der Waals surface area contributed by atoms with Crippen molar-refractivity contribution in [3.05, 3.63) is 70.0 Å². The summed E-state index contributed by atoms with van der Waals surface area (Å²) in [6.07, 6.45) is 3.52. The molecular formula is C26H28F3N3O4. The lowest BCUT2D eigenvalue weighted by molar-refractivity contribution is 0.0471. The van der Waals surface area contributed by atoms with Gasteiger partial charge in [-0.15, -0.1) is 0 Å². The summed E-state index contributed by atoms with van der Waals surface area (Å²) in [5, 5.41) is 3.12. The maximum atomic E-state index is 14.1. The first-order valence-electron chi connectivity index (χ1n) is 11.8. The molecule has 4 rings (SSSR count). The monoisotopic (exact) mass is 503 g/mol. The lowest BCUT2D eigenvalue weighted by Gasteiger charge is -2.30. The van der Waals surface area contributed by atoms with Crippen LogP contribution in [0.5, 0.6) is 5.75 Å². The molecule has 0 spiro atoms. The fourth-order valence-electron chi connectivity index (χ4n) is 4.28. The molecule has 0 unspecified atom stereocenters. The zero-order valence-electron chi connectivity index (χ0n) is 20.3. The number of alkyl carbamates (subject to hydrolysis) is 1. The molecule has 1 aliphatic rings. The fraction of sp³-hybridized carbons (Fsp3) is 0.423. The number of hydrogen-bond acceptors (Lipinski definition) is 5. The average Bonchev–Trinajstić information content (AvgIpc) is 2.78. The van der Waals surface area contributed by atoms with Crippen molar-refractivity contribution in [2.75, 3.05) is 0 Å². The van der Waals surface area contributed by atoms with Gasteiger partial charge in [-0.3, -0.25) is 4.79 Å². The Kier molecular flexibility index (Phi) is 7.23. The van der Waals surface area contributed by atoms with Crippen LogP contribution in [0.1, 0.15) is 52.0 Å². The van der Waals surface area contributed by atoms with E-state index in [-0.39, 0.29) is 29.6 Å². The van der Waals surface area contributed by atoms with Crippen LogP contribution in [0.3, 0.4) is 0 Å². The molecule has 2 aromatic carbocycles. The number of ether oxygens (including phenoxy) is 2. The van der Waals surface area contributed by atoms with Crippen molar-refractivity contribution in [3.63, 3.8) is 0 Å². The van der Waals surface area contributed by atoms with Crippen molar-refractivity contribution in [2.24, 2.45) is 0 Å². The van der Waals surface area contributed by atoms with Crippen LogP contribution in [0, 0.1) is 17.5 Å². The van der Waals surface area contributed by atoms with Gasteiger partial charge in [-0.25, -0.2) is 18.0 Å². The quantitative estimate of drug-likeness (QED) is 0.525. The summed E-state index contributed by atoms with van der Waals surface area (Å²) in [7, 11) is 0. The van der Waals surface area contributed by atoms with Gasteiger partial charge in [-0.1, -0.05) is 0 Å². The molecule has 192 valence electrons. The first kappa shape index (κ1) is 25.5. The summed E-state index contributed by atoms with van der Waals surface area (Å²) < 4.78 is 54.3. The average molecular weight is 504 g/mol. The molecule has 0 radical (unpaired) electrons. The van der Waals surface area contributed by atoms with Crippen LogP contribution in [0.2, 0.25) is 0 Å². The van der Waals surface area contributed by atoms with Crippen LogP contribution < -0.4 is 15.6 Å². The normalized spacial score (nSPS) is 18.2. The lowest BCUT2D eigenvalue weighted by atomic mass is 9.93. The van der Waals surface area contributed by atoms with Crippen LogP contribution >= 0.6 is 0 Å². The molecule has 1 N–H and O–H groups in total. The number of fused-ring (bicyclic) bond motifs is 1. The number of halogens is 3. The maximum absolute atomic E-state index is 14.1. The second-order valence-electron chi connectivity index (χ2n) is 9.94. The van der Waals surface area contributed by atoms with Crippen molar-refractivity contribution < 1.29 is 27.4 Å². The van der Waals surface area contributed by atoms with Gasteiger partial charge in [0, 0.05) is 23.7 Å². The third kappa shape index (κ3) is 6.16. The molecule has 0 bridgehead atoms. The Bertz CT molecular complexity index is 1310. The van der Waals surface area contributed by atoms with E-state index in [1.807, 2.05) is 20.8 Å². The van der Waals surface area contributed by atoms with Crippen molar-refractivity contribution in [3.8, 4) is 5.75 Å². The molecule has 1 aromatic heterocycles. The Morgan fingerprint density at radius 2 is 1.75 bits per heavy atom. The largest absolute Gasteiger partial charge is 0.490 e. The Balaban J connectivity index is 1.44. The molecule has 0 aliphatic heterocycles. The van der Waals surface area contributed by atoms with Crippen LogP contribution in [0.4, 0.5) is 18.0 Å². The standard InChI is InChI=1S/C26H28F3N3O4/c1-26(2,3)36-25(34)31-16-4-6-17(7-5-16)35-18-8-9-23-19(12-18)24(33)30-14-32(23)13-20-21(28)10-15(27)11-22(20)29/h8-12,14,16-17H,4-7,13H2,1-3H3,(H,31,34). The van der Waals surface area contributed by atoms with E-state index in [0.717, 1.165) is 12.8 Å². The molecule has 0 saturated heterocycles. The minimum absolute atomic E-state index is 0.0000383. The second-order valence-corrected chi connectivity index (χ2v) is 9.94. The number of carbonyl (C=O) groups excluding carboxylic acids is 1. The molecule has 7 nitrogen and oxygen atoms in total. The first-order valence-corrected chi connectivity index (χ1v) is 11.8. The van der Waals surface area contributed by atoms with Gasteiger partial charge in [0.2, 0.25) is 0 Å². The molecule has 1 fully saturated rings. The highest BCUT2D eigenvalue weighted by molar-refractivity contribution is 5.79. The van der Waals surface area contributed by atoms with E-state index < -0.39 is 34.7 Å². The van der Waals surface area contributed by atoms with Gasteiger partial charge in [0.1, 0.15) is 28.8 Å². The highest BCUT2D eigenvalue weighted by atomic mass is 19.1. The lowest BCUT2D eigenvalue weighted by Crippen LogP contribution is -2.42. The Morgan fingerprint density at radius 1 is 1.08 bits per heavy atom. The highest BCUT2D eigenvalue weighted by Gasteiger charge is 2.26. The number of carbonyl (C=O) groups is 1. The highest BCUT2D eigenvalue weighted by Crippen LogP contribution is 2.26. The molecule has 1 saturated carbocycles. The third-order valence-corrected chi connectivity index (χ3v) is 5.95. The molecule has 0 atom stereocenters. The number of nitrogens with zero attached hydrogens (tertiary/aromatic N) is 2. The number of aromatic nitrogens is 2. The van der Waals surface area contributed by atoms with E-state index in [0.29, 0.717) is 36.2 Å². The fourth-order valence-corrected chi connectivity index (χ4v) is 4.28. The maximum Gasteiger partial charge on any atom is 0.407 e. The zero-order chi connectivity index (χ0) is 26.0. The molecule has 36 heavy (non-hydrogen) atoms.